The van der Waals surface area contributed by atoms with E-state index in [1.807, 2.05) is 24.3 Å². The van der Waals surface area contributed by atoms with E-state index in [1.165, 1.54) is 29.2 Å². The van der Waals surface area contributed by atoms with Crippen molar-refractivity contribution in [3.63, 3.8) is 0 Å². The Morgan fingerprint density at radius 3 is 2.52 bits per heavy atom. The second-order valence-electron chi connectivity index (χ2n) is 5.37. The van der Waals surface area contributed by atoms with Crippen molar-refractivity contribution in [2.24, 2.45) is 0 Å². The summed E-state index contributed by atoms with van der Waals surface area (Å²) < 4.78 is 0.953. The Morgan fingerprint density at radius 1 is 1.20 bits per heavy atom. The van der Waals surface area contributed by atoms with Gasteiger partial charge in [-0.3, -0.25) is 19.7 Å². The minimum atomic E-state index is -0.575. The number of nitrogens with zero attached hydrogens (tertiary/aromatic N) is 2. The molecular formula is C17H16BrN3O4. The molecule has 8 heteroatoms. The van der Waals surface area contributed by atoms with Crippen LogP contribution in [0.2, 0.25) is 0 Å². The Kier molecular flexibility index (Phi) is 6.24. The van der Waals surface area contributed by atoms with Gasteiger partial charge in [-0.2, -0.15) is 0 Å². The molecular weight excluding hydrogens is 390 g/mol. The second-order valence-corrected chi connectivity index (χ2v) is 6.28. The Bertz CT molecular complexity index is 793. The summed E-state index contributed by atoms with van der Waals surface area (Å²) in [6.45, 7) is 0.230. The highest BCUT2D eigenvalue weighted by atomic mass is 79.9. The average molecular weight is 406 g/mol. The Morgan fingerprint density at radius 2 is 1.88 bits per heavy atom. The van der Waals surface area contributed by atoms with Crippen LogP contribution in [0.25, 0.3) is 0 Å². The van der Waals surface area contributed by atoms with E-state index in [2.05, 4.69) is 21.2 Å². The lowest BCUT2D eigenvalue weighted by Crippen LogP contribution is -2.37. The van der Waals surface area contributed by atoms with Crippen LogP contribution in [0.3, 0.4) is 0 Å². The Hall–Kier alpha value is -2.74. The Balaban J connectivity index is 1.90. The number of hydrogen-bond acceptors (Lipinski definition) is 4. The van der Waals surface area contributed by atoms with Crippen LogP contribution in [-0.2, 0) is 11.3 Å². The molecule has 0 bridgehead atoms. The topological polar surface area (TPSA) is 92.6 Å². The van der Waals surface area contributed by atoms with Gasteiger partial charge in [-0.25, -0.2) is 0 Å². The van der Waals surface area contributed by atoms with Gasteiger partial charge in [0.25, 0.3) is 11.6 Å². The van der Waals surface area contributed by atoms with E-state index in [0.29, 0.717) is 6.54 Å². The number of hydrogen-bond donors (Lipinski definition) is 1. The molecule has 25 heavy (non-hydrogen) atoms. The lowest BCUT2D eigenvalue weighted by Gasteiger charge is -2.17. The van der Waals surface area contributed by atoms with Crippen LogP contribution in [-0.4, -0.2) is 35.2 Å². The predicted octanol–water partition coefficient (Wildman–Crippen LogP) is 2.75. The Labute approximate surface area is 152 Å². The first kappa shape index (κ1) is 18.6. The van der Waals surface area contributed by atoms with Crippen LogP contribution in [0.15, 0.2) is 53.0 Å². The van der Waals surface area contributed by atoms with Crippen LogP contribution >= 0.6 is 15.9 Å². The number of nitro benzene ring substituents is 1. The van der Waals surface area contributed by atoms with Gasteiger partial charge in [0.1, 0.15) is 0 Å². The van der Waals surface area contributed by atoms with E-state index < -0.39 is 10.8 Å². The standard InChI is InChI=1S/C17H16BrN3O4/c1-20(11-12-5-7-14(18)8-6-12)16(22)10-19-17(23)13-3-2-4-15(9-13)21(24)25/h2-9H,10-11H2,1H3,(H,19,23). The van der Waals surface area contributed by atoms with E-state index in [0.717, 1.165) is 10.0 Å². The highest BCUT2D eigenvalue weighted by molar-refractivity contribution is 9.10. The molecule has 0 atom stereocenters. The minimum absolute atomic E-state index is 0.137. The molecule has 2 amide bonds. The lowest BCUT2D eigenvalue weighted by molar-refractivity contribution is -0.384. The van der Waals surface area contributed by atoms with Gasteiger partial charge in [0.15, 0.2) is 0 Å². The molecule has 0 heterocycles. The molecule has 0 aliphatic rings. The van der Waals surface area contributed by atoms with Crippen LogP contribution < -0.4 is 5.32 Å². The molecule has 0 fully saturated rings. The maximum Gasteiger partial charge on any atom is 0.270 e. The molecule has 0 spiro atoms. The summed E-state index contributed by atoms with van der Waals surface area (Å²) in [5.74, 6) is -0.796. The van der Waals surface area contributed by atoms with Crippen molar-refractivity contribution in [3.8, 4) is 0 Å². The number of amides is 2. The van der Waals surface area contributed by atoms with Crippen molar-refractivity contribution in [1.82, 2.24) is 10.2 Å². The fourth-order valence-electron chi connectivity index (χ4n) is 2.11. The molecule has 0 saturated heterocycles. The summed E-state index contributed by atoms with van der Waals surface area (Å²) in [7, 11) is 1.64. The van der Waals surface area contributed by atoms with Gasteiger partial charge in [-0.15, -0.1) is 0 Å². The largest absolute Gasteiger partial charge is 0.343 e. The summed E-state index contributed by atoms with van der Waals surface area (Å²) in [5.41, 5.74) is 0.924. The molecule has 0 saturated carbocycles. The monoisotopic (exact) mass is 405 g/mol. The van der Waals surface area contributed by atoms with Gasteiger partial charge in [0, 0.05) is 35.8 Å². The number of benzene rings is 2. The predicted molar refractivity (Wildman–Crippen MR) is 96.0 cm³/mol. The van der Waals surface area contributed by atoms with Crippen molar-refractivity contribution in [2.45, 2.75) is 6.54 Å². The molecule has 2 aromatic carbocycles. The van der Waals surface area contributed by atoms with Crippen molar-refractivity contribution >= 4 is 33.4 Å². The van der Waals surface area contributed by atoms with Gasteiger partial charge in [-0.05, 0) is 23.8 Å². The zero-order chi connectivity index (χ0) is 18.4. The first-order valence-electron chi connectivity index (χ1n) is 7.38. The third-order valence-corrected chi connectivity index (χ3v) is 4.01. The number of carbonyl (C=O) groups is 2. The van der Waals surface area contributed by atoms with Crippen molar-refractivity contribution in [2.75, 3.05) is 13.6 Å². The SMILES string of the molecule is CN(Cc1ccc(Br)cc1)C(=O)CNC(=O)c1cccc([N+](=O)[O-])c1. The minimum Gasteiger partial charge on any atom is -0.343 e. The van der Waals surface area contributed by atoms with Crippen LogP contribution in [0.1, 0.15) is 15.9 Å². The second kappa shape index (κ2) is 8.39. The van der Waals surface area contributed by atoms with E-state index in [4.69, 9.17) is 0 Å². The summed E-state index contributed by atoms with van der Waals surface area (Å²) in [4.78, 5) is 35.8. The molecule has 1 N–H and O–H groups in total. The summed E-state index contributed by atoms with van der Waals surface area (Å²) in [5, 5.41) is 13.2. The van der Waals surface area contributed by atoms with Gasteiger partial charge >= 0.3 is 0 Å². The fraction of sp³-hybridized carbons (Fsp3) is 0.176. The number of nitro groups is 1. The van der Waals surface area contributed by atoms with Gasteiger partial charge in [0.05, 0.1) is 11.5 Å². The van der Waals surface area contributed by atoms with Gasteiger partial charge < -0.3 is 10.2 Å². The van der Waals surface area contributed by atoms with E-state index in [9.17, 15) is 19.7 Å². The molecule has 2 aromatic rings. The van der Waals surface area contributed by atoms with Crippen molar-refractivity contribution in [3.05, 3.63) is 74.2 Å². The summed E-state index contributed by atoms with van der Waals surface area (Å²) >= 11 is 3.35. The number of non-ortho nitro benzene ring substituents is 1. The molecule has 130 valence electrons. The molecule has 0 unspecified atom stereocenters. The van der Waals surface area contributed by atoms with Gasteiger partial charge in [0.2, 0.25) is 5.91 Å². The van der Waals surface area contributed by atoms with Crippen LogP contribution in [0.5, 0.6) is 0 Å². The first-order chi connectivity index (χ1) is 11.9. The number of likely N-dealkylation sites (N-methyl/N-ethyl adjacent to an activating group) is 1. The summed E-state index contributed by atoms with van der Waals surface area (Å²) in [6.07, 6.45) is 0. The highest BCUT2D eigenvalue weighted by Gasteiger charge is 2.14. The number of rotatable bonds is 6. The van der Waals surface area contributed by atoms with E-state index in [-0.39, 0.29) is 23.7 Å². The zero-order valence-corrected chi connectivity index (χ0v) is 15.0. The van der Waals surface area contributed by atoms with Crippen molar-refractivity contribution < 1.29 is 14.5 Å². The van der Waals surface area contributed by atoms with Gasteiger partial charge in [-0.1, -0.05) is 34.1 Å². The van der Waals surface area contributed by atoms with E-state index >= 15 is 0 Å². The normalized spacial score (nSPS) is 10.2. The average Bonchev–Trinajstić information content (AvgIpc) is 2.61. The highest BCUT2D eigenvalue weighted by Crippen LogP contribution is 2.13. The fourth-order valence-corrected chi connectivity index (χ4v) is 2.37. The van der Waals surface area contributed by atoms with Crippen LogP contribution in [0, 0.1) is 10.1 Å². The lowest BCUT2D eigenvalue weighted by atomic mass is 10.2. The first-order valence-corrected chi connectivity index (χ1v) is 8.17. The quantitative estimate of drug-likeness (QED) is 0.590. The summed E-state index contributed by atoms with van der Waals surface area (Å²) in [6, 6.07) is 12.9. The number of nitrogens with one attached hydrogen (secondary N) is 1. The molecule has 0 aliphatic carbocycles. The number of halogens is 1. The van der Waals surface area contributed by atoms with Crippen molar-refractivity contribution in [1.29, 1.82) is 0 Å². The molecule has 2 rings (SSSR count). The third kappa shape index (κ3) is 5.39. The maximum absolute atomic E-state index is 12.1. The van der Waals surface area contributed by atoms with Crippen LogP contribution in [0.4, 0.5) is 5.69 Å². The third-order valence-electron chi connectivity index (χ3n) is 3.48. The number of carbonyl (C=O) groups excluding carboxylic acids is 2. The zero-order valence-electron chi connectivity index (χ0n) is 13.4. The molecule has 0 aliphatic heterocycles. The molecule has 0 aromatic heterocycles. The molecule has 7 nitrogen and oxygen atoms in total. The van der Waals surface area contributed by atoms with E-state index in [1.54, 1.807) is 7.05 Å². The maximum atomic E-state index is 12.1. The smallest absolute Gasteiger partial charge is 0.270 e. The molecule has 0 radical (unpaired) electrons.